The number of aromatic nitrogens is 5. The summed E-state index contributed by atoms with van der Waals surface area (Å²) in [5.74, 6) is 1.77. The Morgan fingerprint density at radius 2 is 0.707 bits per heavy atom. The standard InChI is InChI=1S/C69H43N5O/c1-4-19-44(20-5-1)45-35-37-48(38-36-45)67-70-68(72-69(71-67)59-31-11-10-27-51(59)46-21-6-2-7-22-46)49-25-18-26-50(43-49)73-61-33-16-13-29-53(61)55-39-41-57-58-42-40-56-54-30-14-17-34-62(54)74(64(56)66(58)75-65(57)63(55)73)60-32-15-12-28-52(60)47-23-8-3-9-24-47/h1-43H. The Bertz CT molecular complexity index is 4690. The fourth-order valence-corrected chi connectivity index (χ4v) is 11.4. The first-order valence-electron chi connectivity index (χ1n) is 25.3. The lowest BCUT2D eigenvalue weighted by Gasteiger charge is -2.14. The molecule has 11 aromatic carbocycles. The van der Waals surface area contributed by atoms with Gasteiger partial charge in [0.05, 0.1) is 27.8 Å². The van der Waals surface area contributed by atoms with Crippen LogP contribution in [-0.2, 0) is 0 Å². The second-order valence-electron chi connectivity index (χ2n) is 19.1. The van der Waals surface area contributed by atoms with Crippen LogP contribution in [0.1, 0.15) is 0 Å². The van der Waals surface area contributed by atoms with Gasteiger partial charge in [-0.25, -0.2) is 15.0 Å². The third-order valence-electron chi connectivity index (χ3n) is 14.8. The van der Waals surface area contributed by atoms with Crippen LogP contribution in [0.5, 0.6) is 0 Å². The molecule has 0 amide bonds. The lowest BCUT2D eigenvalue weighted by Crippen LogP contribution is -2.02. The first-order chi connectivity index (χ1) is 37.2. The zero-order chi connectivity index (χ0) is 49.4. The molecule has 0 N–H and O–H groups in total. The monoisotopic (exact) mass is 957 g/mol. The molecule has 0 fully saturated rings. The molecule has 0 aliphatic heterocycles. The van der Waals surface area contributed by atoms with Crippen LogP contribution in [0.25, 0.3) is 144 Å². The lowest BCUT2D eigenvalue weighted by molar-refractivity contribution is 0.673. The predicted octanol–water partition coefficient (Wildman–Crippen LogP) is 18.0. The number of nitrogens with zero attached hydrogens (tertiary/aromatic N) is 5. The van der Waals surface area contributed by atoms with Crippen LogP contribution in [0.2, 0.25) is 0 Å². The van der Waals surface area contributed by atoms with Crippen molar-refractivity contribution in [2.24, 2.45) is 0 Å². The van der Waals surface area contributed by atoms with E-state index in [0.717, 1.165) is 122 Å². The van der Waals surface area contributed by atoms with E-state index in [1.807, 2.05) is 12.1 Å². The lowest BCUT2D eigenvalue weighted by atomic mass is 9.99. The van der Waals surface area contributed by atoms with E-state index in [1.165, 1.54) is 5.39 Å². The van der Waals surface area contributed by atoms with Gasteiger partial charge in [0.25, 0.3) is 0 Å². The van der Waals surface area contributed by atoms with Crippen molar-refractivity contribution in [1.29, 1.82) is 0 Å². The van der Waals surface area contributed by atoms with Gasteiger partial charge in [-0.2, -0.15) is 0 Å². The molecule has 15 rings (SSSR count). The van der Waals surface area contributed by atoms with E-state index in [4.69, 9.17) is 19.4 Å². The van der Waals surface area contributed by atoms with Crippen molar-refractivity contribution < 1.29 is 4.42 Å². The highest BCUT2D eigenvalue weighted by atomic mass is 16.3. The Morgan fingerprint density at radius 3 is 1.36 bits per heavy atom. The Balaban J connectivity index is 0.948. The van der Waals surface area contributed by atoms with E-state index < -0.39 is 0 Å². The van der Waals surface area contributed by atoms with E-state index in [9.17, 15) is 0 Å². The van der Waals surface area contributed by atoms with Gasteiger partial charge >= 0.3 is 0 Å². The SMILES string of the molecule is c1ccc(-c2ccc(-c3nc(-c4cccc(-n5c6ccccc6c6ccc7c8ccc9c%10ccccc%10n(-c%10ccccc%10-c%10ccccc%10)c9c8oc7c65)c4)nc(-c4ccccc4-c4ccccc4)n3)cc2)cc1. The third-order valence-corrected chi connectivity index (χ3v) is 14.8. The van der Waals surface area contributed by atoms with Crippen LogP contribution in [0.3, 0.4) is 0 Å². The summed E-state index contributed by atoms with van der Waals surface area (Å²) in [6.07, 6.45) is 0. The molecule has 0 aliphatic rings. The van der Waals surface area contributed by atoms with Crippen LogP contribution < -0.4 is 0 Å². The minimum Gasteiger partial charge on any atom is -0.452 e. The van der Waals surface area contributed by atoms with E-state index in [2.05, 4.69) is 258 Å². The summed E-state index contributed by atoms with van der Waals surface area (Å²) in [6.45, 7) is 0. The maximum absolute atomic E-state index is 7.46. The second-order valence-corrected chi connectivity index (χ2v) is 19.1. The van der Waals surface area contributed by atoms with Crippen molar-refractivity contribution in [3.63, 3.8) is 0 Å². The van der Waals surface area contributed by atoms with Crippen molar-refractivity contribution >= 4 is 65.6 Å². The van der Waals surface area contributed by atoms with Gasteiger partial charge in [-0.1, -0.05) is 218 Å². The first-order valence-corrected chi connectivity index (χ1v) is 25.3. The molecular weight excluding hydrogens is 915 g/mol. The maximum atomic E-state index is 7.46. The summed E-state index contributed by atoms with van der Waals surface area (Å²) in [7, 11) is 0. The zero-order valence-corrected chi connectivity index (χ0v) is 40.5. The van der Waals surface area contributed by atoms with Gasteiger partial charge in [0.1, 0.15) is 0 Å². The van der Waals surface area contributed by atoms with E-state index >= 15 is 0 Å². The van der Waals surface area contributed by atoms with E-state index in [1.54, 1.807) is 0 Å². The summed E-state index contributed by atoms with van der Waals surface area (Å²) in [5.41, 5.74) is 17.4. The fourth-order valence-electron chi connectivity index (χ4n) is 11.4. The Hall–Kier alpha value is -10.2. The van der Waals surface area contributed by atoms with Crippen molar-refractivity contribution in [2.45, 2.75) is 0 Å². The molecule has 0 aliphatic carbocycles. The van der Waals surface area contributed by atoms with Gasteiger partial charge in [-0.15, -0.1) is 0 Å². The van der Waals surface area contributed by atoms with Crippen molar-refractivity contribution in [3.05, 3.63) is 261 Å². The first kappa shape index (κ1) is 42.5. The van der Waals surface area contributed by atoms with Crippen LogP contribution >= 0.6 is 0 Å². The number of furan rings is 1. The molecule has 6 heteroatoms. The van der Waals surface area contributed by atoms with Gasteiger partial charge in [-0.05, 0) is 70.3 Å². The average molecular weight is 958 g/mol. The van der Waals surface area contributed by atoms with E-state index in [-0.39, 0.29) is 0 Å². The normalized spacial score (nSPS) is 11.7. The number of hydrogen-bond acceptors (Lipinski definition) is 4. The minimum absolute atomic E-state index is 0.576. The molecule has 4 aromatic heterocycles. The number of fused-ring (bicyclic) bond motifs is 11. The molecule has 0 atom stereocenters. The summed E-state index contributed by atoms with van der Waals surface area (Å²) < 4.78 is 12.2. The largest absolute Gasteiger partial charge is 0.452 e. The average Bonchev–Trinajstić information content (AvgIpc) is 4.20. The molecule has 15 aromatic rings. The molecule has 0 spiro atoms. The summed E-state index contributed by atoms with van der Waals surface area (Å²) >= 11 is 0. The van der Waals surface area contributed by atoms with Crippen LogP contribution in [0.4, 0.5) is 0 Å². The summed E-state index contributed by atoms with van der Waals surface area (Å²) in [4.78, 5) is 15.8. The summed E-state index contributed by atoms with van der Waals surface area (Å²) in [5, 5.41) is 6.66. The van der Waals surface area contributed by atoms with Crippen LogP contribution in [0.15, 0.2) is 265 Å². The quantitative estimate of drug-likeness (QED) is 0.152. The van der Waals surface area contributed by atoms with Crippen molar-refractivity contribution in [2.75, 3.05) is 0 Å². The molecule has 0 saturated carbocycles. The van der Waals surface area contributed by atoms with Crippen molar-refractivity contribution in [3.8, 4) is 78.9 Å². The van der Waals surface area contributed by atoms with Crippen LogP contribution in [-0.4, -0.2) is 24.1 Å². The molecule has 0 bridgehead atoms. The van der Waals surface area contributed by atoms with Gasteiger partial charge in [0.15, 0.2) is 28.6 Å². The van der Waals surface area contributed by atoms with Gasteiger partial charge < -0.3 is 13.6 Å². The topological polar surface area (TPSA) is 61.7 Å². The Labute approximate surface area is 431 Å². The van der Waals surface area contributed by atoms with Gasteiger partial charge in [0, 0.05) is 60.3 Å². The molecule has 350 valence electrons. The number of hydrogen-bond donors (Lipinski definition) is 0. The number of para-hydroxylation sites is 3. The molecule has 75 heavy (non-hydrogen) atoms. The second kappa shape index (κ2) is 17.3. The fraction of sp³-hybridized carbons (Fsp3) is 0. The highest BCUT2D eigenvalue weighted by Gasteiger charge is 2.25. The highest BCUT2D eigenvalue weighted by Crippen LogP contribution is 2.46. The number of rotatable bonds is 8. The molecule has 0 unspecified atom stereocenters. The smallest absolute Gasteiger partial charge is 0.164 e. The Kier molecular flexibility index (Phi) is 9.78. The molecule has 4 heterocycles. The Morgan fingerprint density at radius 1 is 0.267 bits per heavy atom. The van der Waals surface area contributed by atoms with E-state index in [0.29, 0.717) is 17.5 Å². The zero-order valence-electron chi connectivity index (χ0n) is 40.5. The third kappa shape index (κ3) is 6.92. The summed E-state index contributed by atoms with van der Waals surface area (Å²) in [6, 6.07) is 92.0. The minimum atomic E-state index is 0.576. The van der Waals surface area contributed by atoms with Gasteiger partial charge in [-0.3, -0.25) is 0 Å². The van der Waals surface area contributed by atoms with Crippen LogP contribution in [0, 0.1) is 0 Å². The van der Waals surface area contributed by atoms with Crippen molar-refractivity contribution in [1.82, 2.24) is 24.1 Å². The van der Waals surface area contributed by atoms with Gasteiger partial charge in [0.2, 0.25) is 0 Å². The molecule has 0 radical (unpaired) electrons. The predicted molar refractivity (Wildman–Crippen MR) is 308 cm³/mol. The molecular formula is C69H43N5O. The molecule has 6 nitrogen and oxygen atoms in total. The molecule has 0 saturated heterocycles. The highest BCUT2D eigenvalue weighted by molar-refractivity contribution is 6.26. The maximum Gasteiger partial charge on any atom is 0.164 e. The number of benzene rings is 11.